The monoisotopic (exact) mass is 277 g/mol. The highest BCUT2D eigenvalue weighted by molar-refractivity contribution is 5.89. The van der Waals surface area contributed by atoms with Crippen LogP contribution in [0.3, 0.4) is 0 Å². The summed E-state index contributed by atoms with van der Waals surface area (Å²) >= 11 is 0. The molecule has 0 aliphatic carbocycles. The maximum absolute atomic E-state index is 11.0. The van der Waals surface area contributed by atoms with Gasteiger partial charge in [0.25, 0.3) is 0 Å². The number of hydrogen-bond acceptors (Lipinski definition) is 4. The van der Waals surface area contributed by atoms with Crippen LogP contribution < -0.4 is 4.90 Å². The second-order valence-electron chi connectivity index (χ2n) is 5.73. The average Bonchev–Trinajstić information content (AvgIpc) is 2.40. The van der Waals surface area contributed by atoms with Crippen LogP contribution in [-0.4, -0.2) is 54.7 Å². The Kier molecular flexibility index (Phi) is 4.60. The second-order valence-corrected chi connectivity index (χ2v) is 5.73. The zero-order valence-electron chi connectivity index (χ0n) is 12.5. The first-order valence-corrected chi connectivity index (χ1v) is 7.08. The Hall–Kier alpha value is -1.62. The minimum absolute atomic E-state index is 0.279. The molecule has 1 aromatic heterocycles. The van der Waals surface area contributed by atoms with E-state index < -0.39 is 5.97 Å². The van der Waals surface area contributed by atoms with Gasteiger partial charge in [-0.15, -0.1) is 0 Å². The Morgan fingerprint density at radius 3 is 2.65 bits per heavy atom. The van der Waals surface area contributed by atoms with E-state index in [0.717, 1.165) is 25.5 Å². The van der Waals surface area contributed by atoms with Gasteiger partial charge in [0.05, 0.1) is 11.3 Å². The number of rotatable bonds is 4. The number of hydrogen-bond donors (Lipinski definition) is 1. The zero-order chi connectivity index (χ0) is 14.7. The highest BCUT2D eigenvalue weighted by atomic mass is 16.4. The summed E-state index contributed by atoms with van der Waals surface area (Å²) in [6.07, 6.45) is 2.43. The summed E-state index contributed by atoms with van der Waals surface area (Å²) in [4.78, 5) is 19.9. The van der Waals surface area contributed by atoms with Gasteiger partial charge in [-0.1, -0.05) is 0 Å². The molecule has 0 bridgehead atoms. The number of likely N-dealkylation sites (tertiary alicyclic amines) is 1. The maximum atomic E-state index is 11.0. The minimum atomic E-state index is -0.917. The SMILES string of the molecule is Cc1nc(N(C)CC2CCN(C)CC2)ccc1C(=O)O. The molecule has 0 aromatic carbocycles. The average molecular weight is 277 g/mol. The highest BCUT2D eigenvalue weighted by Crippen LogP contribution is 2.20. The quantitative estimate of drug-likeness (QED) is 0.910. The lowest BCUT2D eigenvalue weighted by atomic mass is 9.97. The van der Waals surface area contributed by atoms with Crippen molar-refractivity contribution in [3.05, 3.63) is 23.4 Å². The first kappa shape index (κ1) is 14.8. The van der Waals surface area contributed by atoms with Gasteiger partial charge in [0, 0.05) is 13.6 Å². The minimum Gasteiger partial charge on any atom is -0.478 e. The third-order valence-corrected chi connectivity index (χ3v) is 4.06. The van der Waals surface area contributed by atoms with E-state index in [1.165, 1.54) is 12.8 Å². The van der Waals surface area contributed by atoms with Crippen molar-refractivity contribution in [3.8, 4) is 0 Å². The fourth-order valence-corrected chi connectivity index (χ4v) is 2.71. The lowest BCUT2D eigenvalue weighted by Crippen LogP contribution is -2.36. The Morgan fingerprint density at radius 1 is 1.45 bits per heavy atom. The summed E-state index contributed by atoms with van der Waals surface area (Å²) in [5.41, 5.74) is 0.853. The number of aromatic nitrogens is 1. The number of carboxylic acids is 1. The molecular formula is C15H23N3O2. The molecule has 1 aliphatic heterocycles. The van der Waals surface area contributed by atoms with Gasteiger partial charge >= 0.3 is 5.97 Å². The number of nitrogens with zero attached hydrogens (tertiary/aromatic N) is 3. The van der Waals surface area contributed by atoms with Crippen molar-refractivity contribution in [3.63, 3.8) is 0 Å². The first-order chi connectivity index (χ1) is 9.47. The van der Waals surface area contributed by atoms with Gasteiger partial charge in [-0.25, -0.2) is 9.78 Å². The predicted molar refractivity (Wildman–Crippen MR) is 79.4 cm³/mol. The van der Waals surface area contributed by atoms with Crippen LogP contribution in [0.15, 0.2) is 12.1 Å². The number of aromatic carboxylic acids is 1. The van der Waals surface area contributed by atoms with Gasteiger partial charge < -0.3 is 14.9 Å². The molecule has 110 valence electrons. The van der Waals surface area contributed by atoms with Gasteiger partial charge in [0.15, 0.2) is 0 Å². The number of carboxylic acid groups (broad SMARTS) is 1. The molecular weight excluding hydrogens is 254 g/mol. The Labute approximate surface area is 120 Å². The number of pyridine rings is 1. The van der Waals surface area contributed by atoms with E-state index in [1.807, 2.05) is 7.05 Å². The lowest BCUT2D eigenvalue weighted by molar-refractivity contribution is 0.0695. The van der Waals surface area contributed by atoms with Gasteiger partial charge in [-0.2, -0.15) is 0 Å². The van der Waals surface area contributed by atoms with E-state index in [1.54, 1.807) is 19.1 Å². The summed E-state index contributed by atoms with van der Waals surface area (Å²) in [6, 6.07) is 3.44. The van der Waals surface area contributed by atoms with E-state index in [4.69, 9.17) is 5.11 Å². The predicted octanol–water partition coefficient (Wildman–Crippen LogP) is 1.87. The molecule has 1 saturated heterocycles. The smallest absolute Gasteiger partial charge is 0.337 e. The molecule has 5 nitrogen and oxygen atoms in total. The molecule has 0 unspecified atom stereocenters. The van der Waals surface area contributed by atoms with E-state index in [2.05, 4.69) is 21.8 Å². The van der Waals surface area contributed by atoms with Crippen LogP contribution in [0.5, 0.6) is 0 Å². The maximum Gasteiger partial charge on any atom is 0.337 e. The molecule has 0 amide bonds. The largest absolute Gasteiger partial charge is 0.478 e. The molecule has 0 atom stereocenters. The van der Waals surface area contributed by atoms with Crippen LogP contribution in [0.2, 0.25) is 0 Å². The molecule has 1 aliphatic rings. The van der Waals surface area contributed by atoms with E-state index in [0.29, 0.717) is 11.6 Å². The summed E-state index contributed by atoms with van der Waals surface area (Å²) in [6.45, 7) is 5.04. The van der Waals surface area contributed by atoms with Crippen LogP contribution in [0.1, 0.15) is 28.9 Å². The molecule has 20 heavy (non-hydrogen) atoms. The molecule has 2 rings (SSSR count). The topological polar surface area (TPSA) is 56.7 Å². The van der Waals surface area contributed by atoms with Gasteiger partial charge in [-0.05, 0) is 58.0 Å². The highest BCUT2D eigenvalue weighted by Gasteiger charge is 2.19. The fourth-order valence-electron chi connectivity index (χ4n) is 2.71. The molecule has 5 heteroatoms. The normalized spacial score (nSPS) is 17.1. The van der Waals surface area contributed by atoms with Crippen LogP contribution in [0, 0.1) is 12.8 Å². The van der Waals surface area contributed by atoms with Gasteiger partial charge in [0.2, 0.25) is 0 Å². The van der Waals surface area contributed by atoms with E-state index in [-0.39, 0.29) is 5.56 Å². The molecule has 1 aromatic rings. The summed E-state index contributed by atoms with van der Waals surface area (Å²) in [7, 11) is 4.19. The fraction of sp³-hybridized carbons (Fsp3) is 0.600. The summed E-state index contributed by atoms with van der Waals surface area (Å²) in [5.74, 6) is 0.628. The van der Waals surface area contributed by atoms with Crippen molar-refractivity contribution >= 4 is 11.8 Å². The van der Waals surface area contributed by atoms with Crippen molar-refractivity contribution in [2.75, 3.05) is 38.6 Å². The van der Waals surface area contributed by atoms with Crippen LogP contribution >= 0.6 is 0 Å². The first-order valence-electron chi connectivity index (χ1n) is 7.08. The lowest BCUT2D eigenvalue weighted by Gasteiger charge is -2.32. The summed E-state index contributed by atoms with van der Waals surface area (Å²) in [5, 5.41) is 9.02. The van der Waals surface area contributed by atoms with Crippen LogP contribution in [0.4, 0.5) is 5.82 Å². The molecule has 0 spiro atoms. The van der Waals surface area contributed by atoms with E-state index in [9.17, 15) is 4.79 Å². The molecule has 0 radical (unpaired) electrons. The van der Waals surface area contributed by atoms with Crippen molar-refractivity contribution < 1.29 is 9.90 Å². The van der Waals surface area contributed by atoms with Crippen molar-refractivity contribution in [2.45, 2.75) is 19.8 Å². The van der Waals surface area contributed by atoms with Crippen molar-refractivity contribution in [1.82, 2.24) is 9.88 Å². The van der Waals surface area contributed by atoms with Crippen molar-refractivity contribution in [2.24, 2.45) is 5.92 Å². The third-order valence-electron chi connectivity index (χ3n) is 4.06. The Balaban J connectivity index is 2.00. The molecule has 0 saturated carbocycles. The molecule has 1 N–H and O–H groups in total. The van der Waals surface area contributed by atoms with Crippen LogP contribution in [-0.2, 0) is 0 Å². The Morgan fingerprint density at radius 2 is 2.10 bits per heavy atom. The number of carbonyl (C=O) groups is 1. The number of aryl methyl sites for hydroxylation is 1. The van der Waals surface area contributed by atoms with Gasteiger partial charge in [-0.3, -0.25) is 0 Å². The third kappa shape index (κ3) is 3.48. The second kappa shape index (κ2) is 6.22. The Bertz CT molecular complexity index is 482. The molecule has 1 fully saturated rings. The van der Waals surface area contributed by atoms with Crippen LogP contribution in [0.25, 0.3) is 0 Å². The standard InChI is InChI=1S/C15H23N3O2/c1-11-13(15(19)20)4-5-14(16-11)18(3)10-12-6-8-17(2)9-7-12/h4-5,12H,6-10H2,1-3H3,(H,19,20). The molecule has 2 heterocycles. The van der Waals surface area contributed by atoms with Crippen molar-refractivity contribution in [1.29, 1.82) is 0 Å². The summed E-state index contributed by atoms with van der Waals surface area (Å²) < 4.78 is 0. The zero-order valence-corrected chi connectivity index (χ0v) is 12.5. The van der Waals surface area contributed by atoms with Gasteiger partial charge in [0.1, 0.15) is 5.82 Å². The number of piperidine rings is 1. The van der Waals surface area contributed by atoms with E-state index >= 15 is 0 Å². The number of anilines is 1.